The molecule has 0 saturated carbocycles. The molecule has 0 N–H and O–H groups in total. The van der Waals surface area contributed by atoms with E-state index in [0.717, 1.165) is 6.42 Å². The van der Waals surface area contributed by atoms with Gasteiger partial charge in [0.25, 0.3) is 0 Å². The topological polar surface area (TPSA) is 12.4 Å². The molecule has 0 radical (unpaired) electrons. The summed E-state index contributed by atoms with van der Waals surface area (Å²) in [6.07, 6.45) is 22.1. The van der Waals surface area contributed by atoms with Crippen LogP contribution >= 0.6 is 7.05 Å². The van der Waals surface area contributed by atoms with Gasteiger partial charge in [-0.1, -0.05) is 70.6 Å². The summed E-state index contributed by atoms with van der Waals surface area (Å²) in [6, 6.07) is 0. The Bertz CT molecular complexity index is 412. The fourth-order valence-electron chi connectivity index (χ4n) is 2.12. The van der Waals surface area contributed by atoms with Gasteiger partial charge in [0.2, 0.25) is 0 Å². The maximum absolute atomic E-state index is 4.97. The molecular formula is C19H34NPTi. The van der Waals surface area contributed by atoms with E-state index in [9.17, 15) is 0 Å². The van der Waals surface area contributed by atoms with Crippen LogP contribution in [0.15, 0.2) is 53.0 Å². The minimum Gasteiger partial charge on any atom is -0.272 e. The second kappa shape index (κ2) is 15.8. The van der Waals surface area contributed by atoms with Crippen molar-refractivity contribution in [3.8, 4) is 0 Å². The molecule has 0 atom stereocenters. The Balaban J connectivity index is 0. The maximum Gasteiger partial charge on any atom is 0.0425 e. The summed E-state index contributed by atoms with van der Waals surface area (Å²) in [4.78, 5) is 0. The van der Waals surface area contributed by atoms with Crippen molar-refractivity contribution in [2.45, 2.75) is 53.9 Å². The first kappa shape index (κ1) is 24.2. The van der Waals surface area contributed by atoms with Gasteiger partial charge in [-0.2, -0.15) is 0 Å². The van der Waals surface area contributed by atoms with Gasteiger partial charge in [-0.25, -0.2) is 0 Å². The second-order valence-electron chi connectivity index (χ2n) is 5.18. The first-order valence-corrected chi connectivity index (χ1v) is 10.7. The number of allylic oxidation sites excluding steroid dienone is 7. The number of unbranched alkanes of at least 4 members (excludes halogenated alkanes) is 1. The molecule has 0 unspecified atom stereocenters. The fraction of sp³-hybridized carbons (Fsp3) is 0.579. The molecule has 0 spiro atoms. The fourth-order valence-corrected chi connectivity index (χ4v) is 4.58. The van der Waals surface area contributed by atoms with Crippen molar-refractivity contribution in [2.24, 2.45) is 4.74 Å². The molecule has 0 saturated heterocycles. The summed E-state index contributed by atoms with van der Waals surface area (Å²) < 4.78 is 4.97. The van der Waals surface area contributed by atoms with Crippen LogP contribution < -0.4 is 0 Å². The Kier molecular flexibility index (Phi) is 17.3. The molecule has 0 aromatic rings. The molecule has 0 aromatic heterocycles. The zero-order valence-corrected chi connectivity index (χ0v) is 17.6. The van der Waals surface area contributed by atoms with E-state index < -0.39 is 7.05 Å². The zero-order valence-electron chi connectivity index (χ0n) is 15.2. The first-order valence-electron chi connectivity index (χ1n) is 8.40. The van der Waals surface area contributed by atoms with E-state index in [4.69, 9.17) is 4.74 Å². The number of hydrogen-bond donors (Lipinski definition) is 0. The summed E-state index contributed by atoms with van der Waals surface area (Å²) in [5.41, 5.74) is 1.30. The molecule has 1 nitrogen and oxygen atoms in total. The van der Waals surface area contributed by atoms with Crippen molar-refractivity contribution in [1.82, 2.24) is 0 Å². The van der Waals surface area contributed by atoms with Gasteiger partial charge in [0, 0.05) is 33.8 Å². The second-order valence-corrected chi connectivity index (χ2v) is 9.46. The van der Waals surface area contributed by atoms with E-state index in [1.807, 2.05) is 13.0 Å². The molecule has 0 aromatic carbocycles. The minimum absolute atomic E-state index is 0. The van der Waals surface area contributed by atoms with Crippen LogP contribution in [0.2, 0.25) is 0 Å². The van der Waals surface area contributed by atoms with Crippen molar-refractivity contribution in [3.63, 3.8) is 0 Å². The predicted octanol–water partition coefficient (Wildman–Crippen LogP) is 7.01. The minimum atomic E-state index is -0.971. The van der Waals surface area contributed by atoms with E-state index in [1.165, 1.54) is 37.0 Å². The Morgan fingerprint density at radius 2 is 1.73 bits per heavy atom. The molecule has 3 heteroatoms. The van der Waals surface area contributed by atoms with Gasteiger partial charge in [-0.05, 0) is 45.0 Å². The van der Waals surface area contributed by atoms with Crippen molar-refractivity contribution in [1.29, 1.82) is 0 Å². The number of hydrogen-bond acceptors (Lipinski definition) is 1. The van der Waals surface area contributed by atoms with Crippen LogP contribution in [0.25, 0.3) is 0 Å². The van der Waals surface area contributed by atoms with Gasteiger partial charge < -0.3 is 0 Å². The SMILES string of the molecule is CC=CC=CCCC.CCP(CC)(CC)=NC1=CC=CC1.[Ti]. The average Bonchev–Trinajstić information content (AvgIpc) is 3.03. The molecule has 1 aliphatic rings. The molecular weight excluding hydrogens is 321 g/mol. The molecule has 0 amide bonds. The normalized spacial score (nSPS) is 13.8. The standard InChI is InChI=1S/C11H20NP.C8H14.Ti/c1-4-13(5-2,6-3)12-11-9-7-8-10-11;1-3-5-7-8-6-4-2;/h7-9H,4-6,10H2,1-3H3;3,5,7-8H,4,6H2,1-2H3;. The summed E-state index contributed by atoms with van der Waals surface area (Å²) in [6.45, 7) is 11.1. The van der Waals surface area contributed by atoms with Gasteiger partial charge >= 0.3 is 0 Å². The third kappa shape index (κ3) is 10.6. The Morgan fingerprint density at radius 3 is 2.14 bits per heavy atom. The van der Waals surface area contributed by atoms with Crippen LogP contribution in [0, 0.1) is 0 Å². The smallest absolute Gasteiger partial charge is 0.0425 e. The van der Waals surface area contributed by atoms with Crippen LogP contribution in [-0.2, 0) is 21.7 Å². The van der Waals surface area contributed by atoms with Crippen molar-refractivity contribution < 1.29 is 21.7 Å². The molecule has 0 heterocycles. The van der Waals surface area contributed by atoms with Crippen molar-refractivity contribution in [2.75, 3.05) is 18.5 Å². The molecule has 0 aliphatic heterocycles. The summed E-state index contributed by atoms with van der Waals surface area (Å²) in [5, 5.41) is 0. The van der Waals surface area contributed by atoms with Crippen LogP contribution in [0.1, 0.15) is 53.9 Å². The first-order chi connectivity index (χ1) is 10.2. The molecule has 0 bridgehead atoms. The average molecular weight is 355 g/mol. The Hall–Kier alpha value is -0.0957. The van der Waals surface area contributed by atoms with E-state index in [1.54, 1.807) is 0 Å². The number of rotatable bonds is 7. The van der Waals surface area contributed by atoms with Gasteiger partial charge in [-0.15, -0.1) is 0 Å². The van der Waals surface area contributed by atoms with Gasteiger partial charge in [0.1, 0.15) is 0 Å². The summed E-state index contributed by atoms with van der Waals surface area (Å²) in [7, 11) is -0.971. The summed E-state index contributed by atoms with van der Waals surface area (Å²) in [5.74, 6) is 0. The molecule has 1 rings (SSSR count). The monoisotopic (exact) mass is 355 g/mol. The molecule has 0 fully saturated rings. The van der Waals surface area contributed by atoms with E-state index in [2.05, 4.69) is 64.2 Å². The van der Waals surface area contributed by atoms with Crippen molar-refractivity contribution in [3.05, 3.63) is 48.2 Å². The Labute approximate surface area is 154 Å². The predicted molar refractivity (Wildman–Crippen MR) is 102 cm³/mol. The van der Waals surface area contributed by atoms with E-state index in [0.29, 0.717) is 0 Å². The van der Waals surface area contributed by atoms with E-state index >= 15 is 0 Å². The van der Waals surface area contributed by atoms with Gasteiger partial charge in [0.15, 0.2) is 0 Å². The Morgan fingerprint density at radius 1 is 1.09 bits per heavy atom. The number of nitrogens with zero attached hydrogens (tertiary/aromatic N) is 1. The van der Waals surface area contributed by atoms with Crippen LogP contribution in [0.4, 0.5) is 0 Å². The van der Waals surface area contributed by atoms with Crippen LogP contribution in [-0.4, -0.2) is 18.5 Å². The maximum atomic E-state index is 4.97. The third-order valence-electron chi connectivity index (χ3n) is 3.75. The molecule has 124 valence electrons. The van der Waals surface area contributed by atoms with Gasteiger partial charge in [0.05, 0.1) is 0 Å². The zero-order chi connectivity index (χ0) is 16.0. The molecule has 1 aliphatic carbocycles. The summed E-state index contributed by atoms with van der Waals surface area (Å²) >= 11 is 0. The van der Waals surface area contributed by atoms with Crippen molar-refractivity contribution >= 4 is 7.05 Å². The van der Waals surface area contributed by atoms with Gasteiger partial charge in [-0.3, -0.25) is 4.74 Å². The van der Waals surface area contributed by atoms with Crippen LogP contribution in [0.5, 0.6) is 0 Å². The quantitative estimate of drug-likeness (QED) is 0.265. The van der Waals surface area contributed by atoms with E-state index in [-0.39, 0.29) is 21.7 Å². The molecule has 22 heavy (non-hydrogen) atoms. The third-order valence-corrected chi connectivity index (χ3v) is 7.97. The van der Waals surface area contributed by atoms with Crippen LogP contribution in [0.3, 0.4) is 0 Å². The largest absolute Gasteiger partial charge is 0.272 e.